The SMILES string of the molecule is CNC(c1ccccc1)C(C)(C)CN(C)C1CCC1. The van der Waals surface area contributed by atoms with Gasteiger partial charge in [-0.3, -0.25) is 0 Å². The van der Waals surface area contributed by atoms with E-state index in [0.717, 1.165) is 12.6 Å². The average Bonchev–Trinajstić information content (AvgIpc) is 2.27. The van der Waals surface area contributed by atoms with Crippen molar-refractivity contribution in [2.75, 3.05) is 20.6 Å². The maximum atomic E-state index is 3.51. The molecule has 2 heteroatoms. The summed E-state index contributed by atoms with van der Waals surface area (Å²) in [6, 6.07) is 12.0. The minimum atomic E-state index is 0.223. The van der Waals surface area contributed by atoms with Gasteiger partial charge >= 0.3 is 0 Å². The van der Waals surface area contributed by atoms with Crippen LogP contribution >= 0.6 is 0 Å². The molecule has 0 saturated heterocycles. The van der Waals surface area contributed by atoms with Crippen LogP contribution in [0.25, 0.3) is 0 Å². The number of nitrogens with one attached hydrogen (secondary N) is 1. The van der Waals surface area contributed by atoms with Gasteiger partial charge in [0, 0.05) is 18.6 Å². The Labute approximate surface area is 118 Å². The summed E-state index contributed by atoms with van der Waals surface area (Å²) in [6.07, 6.45) is 4.16. The molecular weight excluding hydrogens is 232 g/mol. The quantitative estimate of drug-likeness (QED) is 0.842. The van der Waals surface area contributed by atoms with Gasteiger partial charge in [-0.15, -0.1) is 0 Å². The first kappa shape index (κ1) is 14.5. The summed E-state index contributed by atoms with van der Waals surface area (Å²) in [5.41, 5.74) is 1.61. The normalized spacial score (nSPS) is 18.4. The number of hydrogen-bond acceptors (Lipinski definition) is 2. The fraction of sp³-hybridized carbons (Fsp3) is 0.647. The van der Waals surface area contributed by atoms with Gasteiger partial charge in [-0.2, -0.15) is 0 Å². The summed E-state index contributed by atoms with van der Waals surface area (Å²) in [7, 11) is 4.35. The highest BCUT2D eigenvalue weighted by atomic mass is 15.1. The van der Waals surface area contributed by atoms with E-state index in [1.807, 2.05) is 0 Å². The van der Waals surface area contributed by atoms with Gasteiger partial charge in [0.25, 0.3) is 0 Å². The third-order valence-corrected chi connectivity index (χ3v) is 4.56. The predicted molar refractivity (Wildman–Crippen MR) is 82.3 cm³/mol. The Hall–Kier alpha value is -0.860. The van der Waals surface area contributed by atoms with Crippen LogP contribution in [0.3, 0.4) is 0 Å². The average molecular weight is 260 g/mol. The van der Waals surface area contributed by atoms with Crippen LogP contribution in [0.1, 0.15) is 44.7 Å². The van der Waals surface area contributed by atoms with E-state index in [-0.39, 0.29) is 5.41 Å². The van der Waals surface area contributed by atoms with Crippen molar-refractivity contribution in [3.63, 3.8) is 0 Å². The van der Waals surface area contributed by atoms with Gasteiger partial charge in [0.2, 0.25) is 0 Å². The second-order valence-corrected chi connectivity index (χ2v) is 6.62. The van der Waals surface area contributed by atoms with E-state index in [1.54, 1.807) is 0 Å². The van der Waals surface area contributed by atoms with Crippen molar-refractivity contribution in [3.05, 3.63) is 35.9 Å². The number of benzene rings is 1. The van der Waals surface area contributed by atoms with E-state index >= 15 is 0 Å². The summed E-state index contributed by atoms with van der Waals surface area (Å²) in [6.45, 7) is 5.88. The highest BCUT2D eigenvalue weighted by Gasteiger charge is 2.33. The van der Waals surface area contributed by atoms with Crippen molar-refractivity contribution in [3.8, 4) is 0 Å². The molecule has 1 aliphatic rings. The van der Waals surface area contributed by atoms with Crippen LogP contribution in [0.15, 0.2) is 30.3 Å². The van der Waals surface area contributed by atoms with E-state index in [2.05, 4.69) is 68.5 Å². The van der Waals surface area contributed by atoms with Crippen LogP contribution in [0.5, 0.6) is 0 Å². The fourth-order valence-electron chi connectivity index (χ4n) is 3.34. The first-order valence-electron chi connectivity index (χ1n) is 7.47. The zero-order chi connectivity index (χ0) is 13.9. The molecule has 0 heterocycles. The molecule has 0 aliphatic heterocycles. The smallest absolute Gasteiger partial charge is 0.0381 e. The number of hydrogen-bond donors (Lipinski definition) is 1. The molecule has 1 unspecified atom stereocenters. The Bertz CT molecular complexity index is 382. The van der Waals surface area contributed by atoms with Crippen LogP contribution in [0.2, 0.25) is 0 Å². The highest BCUT2D eigenvalue weighted by Crippen LogP contribution is 2.35. The van der Waals surface area contributed by atoms with E-state index in [4.69, 9.17) is 0 Å². The molecule has 2 nitrogen and oxygen atoms in total. The zero-order valence-corrected chi connectivity index (χ0v) is 12.8. The third kappa shape index (κ3) is 3.37. The molecule has 1 atom stereocenters. The van der Waals surface area contributed by atoms with Crippen molar-refractivity contribution in [1.29, 1.82) is 0 Å². The molecule has 1 N–H and O–H groups in total. The van der Waals surface area contributed by atoms with Crippen LogP contribution in [0, 0.1) is 5.41 Å². The first-order chi connectivity index (χ1) is 9.04. The minimum Gasteiger partial charge on any atom is -0.313 e. The molecule has 0 aromatic heterocycles. The standard InChI is InChI=1S/C17H28N2/c1-17(2,13-19(4)15-11-8-12-15)16(18-3)14-9-6-5-7-10-14/h5-7,9-10,15-16,18H,8,11-13H2,1-4H3. The molecule has 1 aliphatic carbocycles. The van der Waals surface area contributed by atoms with Crippen LogP contribution < -0.4 is 5.32 Å². The Morgan fingerprint density at radius 1 is 1.26 bits per heavy atom. The zero-order valence-electron chi connectivity index (χ0n) is 12.8. The van der Waals surface area contributed by atoms with Crippen LogP contribution in [0.4, 0.5) is 0 Å². The van der Waals surface area contributed by atoms with E-state index in [9.17, 15) is 0 Å². The lowest BCUT2D eigenvalue weighted by atomic mass is 9.79. The van der Waals surface area contributed by atoms with Gasteiger partial charge in [0.15, 0.2) is 0 Å². The van der Waals surface area contributed by atoms with Gasteiger partial charge < -0.3 is 10.2 Å². The number of nitrogens with zero attached hydrogens (tertiary/aromatic N) is 1. The van der Waals surface area contributed by atoms with E-state index < -0.39 is 0 Å². The molecule has 0 bridgehead atoms. The van der Waals surface area contributed by atoms with Gasteiger partial charge in [-0.05, 0) is 37.9 Å². The molecule has 1 aromatic rings. The van der Waals surface area contributed by atoms with Crippen molar-refractivity contribution in [2.45, 2.75) is 45.2 Å². The van der Waals surface area contributed by atoms with Gasteiger partial charge in [-0.1, -0.05) is 50.6 Å². The van der Waals surface area contributed by atoms with Gasteiger partial charge in [-0.25, -0.2) is 0 Å². The lowest BCUT2D eigenvalue weighted by Crippen LogP contribution is -2.46. The summed E-state index contributed by atoms with van der Waals surface area (Å²) in [5, 5.41) is 3.51. The van der Waals surface area contributed by atoms with E-state index in [1.165, 1.54) is 24.8 Å². The molecule has 0 amide bonds. The maximum Gasteiger partial charge on any atom is 0.0381 e. The van der Waals surface area contributed by atoms with Gasteiger partial charge in [0.05, 0.1) is 0 Å². The fourth-order valence-corrected chi connectivity index (χ4v) is 3.34. The molecule has 0 radical (unpaired) electrons. The first-order valence-corrected chi connectivity index (χ1v) is 7.47. The monoisotopic (exact) mass is 260 g/mol. The molecule has 1 fully saturated rings. The second kappa shape index (κ2) is 6.06. The molecule has 19 heavy (non-hydrogen) atoms. The summed E-state index contributed by atoms with van der Waals surface area (Å²) in [5.74, 6) is 0. The largest absolute Gasteiger partial charge is 0.313 e. The lowest BCUT2D eigenvalue weighted by Gasteiger charge is -2.43. The van der Waals surface area contributed by atoms with Crippen LogP contribution in [-0.2, 0) is 0 Å². The molecule has 1 aromatic carbocycles. The predicted octanol–water partition coefficient (Wildman–Crippen LogP) is 3.46. The molecular formula is C17H28N2. The maximum absolute atomic E-state index is 3.51. The minimum absolute atomic E-state index is 0.223. The summed E-state index contributed by atoms with van der Waals surface area (Å²) in [4.78, 5) is 2.55. The molecule has 0 spiro atoms. The summed E-state index contributed by atoms with van der Waals surface area (Å²) < 4.78 is 0. The van der Waals surface area contributed by atoms with Crippen molar-refractivity contribution in [1.82, 2.24) is 10.2 Å². The number of rotatable bonds is 6. The van der Waals surface area contributed by atoms with Crippen molar-refractivity contribution >= 4 is 0 Å². The Morgan fingerprint density at radius 3 is 2.37 bits per heavy atom. The van der Waals surface area contributed by atoms with Gasteiger partial charge in [0.1, 0.15) is 0 Å². The topological polar surface area (TPSA) is 15.3 Å². The van der Waals surface area contributed by atoms with Crippen molar-refractivity contribution in [2.24, 2.45) is 5.41 Å². The summed E-state index contributed by atoms with van der Waals surface area (Å²) >= 11 is 0. The molecule has 1 saturated carbocycles. The Balaban J connectivity index is 2.07. The highest BCUT2D eigenvalue weighted by molar-refractivity contribution is 5.21. The Morgan fingerprint density at radius 2 is 1.89 bits per heavy atom. The second-order valence-electron chi connectivity index (χ2n) is 6.62. The van der Waals surface area contributed by atoms with Crippen LogP contribution in [-0.4, -0.2) is 31.6 Å². The Kier molecular flexibility index (Phi) is 4.64. The van der Waals surface area contributed by atoms with E-state index in [0.29, 0.717) is 6.04 Å². The molecule has 106 valence electrons. The third-order valence-electron chi connectivity index (χ3n) is 4.56. The molecule has 2 rings (SSSR count). The lowest BCUT2D eigenvalue weighted by molar-refractivity contribution is 0.0891. The van der Waals surface area contributed by atoms with Crippen molar-refractivity contribution < 1.29 is 0 Å².